The highest BCUT2D eigenvalue weighted by Crippen LogP contribution is 2.48. The van der Waals surface area contributed by atoms with Crippen LogP contribution in [0.4, 0.5) is 11.4 Å². The van der Waals surface area contributed by atoms with Gasteiger partial charge in [0.1, 0.15) is 11.7 Å². The number of phenols is 1. The van der Waals surface area contributed by atoms with Gasteiger partial charge in [-0.2, -0.15) is 0 Å². The van der Waals surface area contributed by atoms with Crippen molar-refractivity contribution < 1.29 is 29.0 Å². The number of carbonyl (C=O) groups is 2. The monoisotopic (exact) mass is 508 g/mol. The SMILES string of the molecule is CCCOc1ccc(N2C(=O)C3ON(c4ccc(Cl)cc4)C(c4ccc(O)c(OC)c4)C3C2=O)cc1. The second-order valence-corrected chi connectivity index (χ2v) is 9.02. The fraction of sp³-hybridized carbons (Fsp3) is 0.259. The molecule has 0 aromatic heterocycles. The molecule has 9 heteroatoms. The van der Waals surface area contributed by atoms with Crippen molar-refractivity contribution in [2.45, 2.75) is 25.5 Å². The number of carbonyl (C=O) groups excluding carboxylic acids is 2. The first-order chi connectivity index (χ1) is 17.4. The summed E-state index contributed by atoms with van der Waals surface area (Å²) in [5.74, 6) is -0.753. The molecule has 1 N–H and O–H groups in total. The van der Waals surface area contributed by atoms with Crippen LogP contribution in [0.1, 0.15) is 24.9 Å². The summed E-state index contributed by atoms with van der Waals surface area (Å²) in [5, 5.41) is 12.2. The van der Waals surface area contributed by atoms with E-state index < -0.39 is 24.0 Å². The van der Waals surface area contributed by atoms with Crippen LogP contribution in [0.15, 0.2) is 66.7 Å². The summed E-state index contributed by atoms with van der Waals surface area (Å²) in [7, 11) is 1.45. The standard InChI is InChI=1S/C27H25ClN2O6/c1-3-14-35-20-11-9-18(10-12-20)29-26(32)23-24(16-4-13-21(31)22(15-16)34-2)30(36-25(23)27(29)33)19-7-5-17(28)6-8-19/h4-13,15,23-25,31H,3,14H2,1-2H3. The number of ether oxygens (including phenoxy) is 2. The van der Waals surface area contributed by atoms with Crippen molar-refractivity contribution in [3.8, 4) is 17.2 Å². The lowest BCUT2D eigenvalue weighted by atomic mass is 9.90. The number of phenolic OH excluding ortho intramolecular Hbond substituents is 1. The van der Waals surface area contributed by atoms with Gasteiger partial charge in [0.15, 0.2) is 17.6 Å². The van der Waals surface area contributed by atoms with E-state index in [9.17, 15) is 14.7 Å². The number of benzene rings is 3. The minimum absolute atomic E-state index is 0.0319. The smallest absolute Gasteiger partial charge is 0.266 e. The second-order valence-electron chi connectivity index (χ2n) is 8.58. The van der Waals surface area contributed by atoms with Crippen LogP contribution >= 0.6 is 11.6 Å². The number of amides is 2. The Hall–Kier alpha value is -3.75. The summed E-state index contributed by atoms with van der Waals surface area (Å²) >= 11 is 6.07. The largest absolute Gasteiger partial charge is 0.504 e. The average Bonchev–Trinajstić information content (AvgIpc) is 3.39. The van der Waals surface area contributed by atoms with Gasteiger partial charge in [0.2, 0.25) is 5.91 Å². The van der Waals surface area contributed by atoms with Crippen molar-refractivity contribution in [2.75, 3.05) is 23.7 Å². The van der Waals surface area contributed by atoms with Gasteiger partial charge < -0.3 is 14.6 Å². The van der Waals surface area contributed by atoms with Crippen LogP contribution in [-0.2, 0) is 14.4 Å². The Balaban J connectivity index is 1.52. The summed E-state index contributed by atoms with van der Waals surface area (Å²) < 4.78 is 10.9. The topological polar surface area (TPSA) is 88.5 Å². The van der Waals surface area contributed by atoms with Gasteiger partial charge in [-0.3, -0.25) is 14.4 Å². The van der Waals surface area contributed by atoms with Crippen LogP contribution in [0, 0.1) is 5.92 Å². The molecule has 3 aromatic carbocycles. The zero-order chi connectivity index (χ0) is 25.4. The second kappa shape index (κ2) is 9.72. The van der Waals surface area contributed by atoms with Gasteiger partial charge in [-0.15, -0.1) is 0 Å². The van der Waals surface area contributed by atoms with E-state index in [1.165, 1.54) is 18.1 Å². The summed E-state index contributed by atoms with van der Waals surface area (Å²) in [4.78, 5) is 34.5. The molecule has 36 heavy (non-hydrogen) atoms. The fourth-order valence-electron chi connectivity index (χ4n) is 4.61. The molecule has 2 aliphatic heterocycles. The van der Waals surface area contributed by atoms with Crippen molar-refractivity contribution in [1.29, 1.82) is 0 Å². The molecule has 2 saturated heterocycles. The average molecular weight is 509 g/mol. The number of aromatic hydroxyl groups is 1. The normalized spacial score (nSPS) is 21.1. The molecule has 2 aliphatic rings. The lowest BCUT2D eigenvalue weighted by Gasteiger charge is -2.29. The first kappa shape index (κ1) is 24.0. The van der Waals surface area contributed by atoms with Gasteiger partial charge in [0.05, 0.1) is 31.1 Å². The van der Waals surface area contributed by atoms with E-state index in [0.29, 0.717) is 34.3 Å². The van der Waals surface area contributed by atoms with E-state index >= 15 is 0 Å². The molecule has 8 nitrogen and oxygen atoms in total. The number of hydrogen-bond donors (Lipinski definition) is 1. The van der Waals surface area contributed by atoms with Gasteiger partial charge in [-0.1, -0.05) is 24.6 Å². The molecule has 2 amide bonds. The first-order valence-electron chi connectivity index (χ1n) is 11.6. The molecule has 3 aromatic rings. The number of fused-ring (bicyclic) bond motifs is 1. The van der Waals surface area contributed by atoms with Gasteiger partial charge in [-0.05, 0) is 72.6 Å². The number of nitrogens with zero attached hydrogens (tertiary/aromatic N) is 2. The molecular weight excluding hydrogens is 484 g/mol. The highest BCUT2D eigenvalue weighted by Gasteiger charge is 2.60. The Bertz CT molecular complexity index is 1280. The number of hydroxylamine groups is 1. The molecule has 2 heterocycles. The van der Waals surface area contributed by atoms with Gasteiger partial charge in [0, 0.05) is 5.02 Å². The molecule has 3 atom stereocenters. The number of anilines is 2. The van der Waals surface area contributed by atoms with E-state index in [4.69, 9.17) is 25.9 Å². The van der Waals surface area contributed by atoms with E-state index in [-0.39, 0.29) is 17.4 Å². The Labute approximate surface area is 213 Å². The van der Waals surface area contributed by atoms with Crippen LogP contribution in [0.2, 0.25) is 5.02 Å². The number of hydrogen-bond acceptors (Lipinski definition) is 7. The Morgan fingerprint density at radius 2 is 1.67 bits per heavy atom. The van der Waals surface area contributed by atoms with Gasteiger partial charge in [0.25, 0.3) is 5.91 Å². The predicted molar refractivity (Wildman–Crippen MR) is 134 cm³/mol. The predicted octanol–water partition coefficient (Wildman–Crippen LogP) is 4.89. The van der Waals surface area contributed by atoms with Crippen LogP contribution in [-0.4, -0.2) is 36.7 Å². The summed E-state index contributed by atoms with van der Waals surface area (Å²) in [6.45, 7) is 2.60. The lowest BCUT2D eigenvalue weighted by molar-refractivity contribution is -0.126. The number of methoxy groups -OCH3 is 1. The highest BCUT2D eigenvalue weighted by molar-refractivity contribution is 6.30. The van der Waals surface area contributed by atoms with E-state index in [1.54, 1.807) is 65.7 Å². The molecule has 0 aliphatic carbocycles. The maximum Gasteiger partial charge on any atom is 0.266 e. The molecule has 0 saturated carbocycles. The minimum atomic E-state index is -1.02. The number of rotatable bonds is 7. The number of halogens is 1. The highest BCUT2D eigenvalue weighted by atomic mass is 35.5. The van der Waals surface area contributed by atoms with Gasteiger partial charge in [-0.25, -0.2) is 9.96 Å². The maximum absolute atomic E-state index is 13.8. The van der Waals surface area contributed by atoms with Crippen molar-refractivity contribution in [3.05, 3.63) is 77.3 Å². The third-order valence-corrected chi connectivity index (χ3v) is 6.56. The van der Waals surface area contributed by atoms with Crippen molar-refractivity contribution in [1.82, 2.24) is 0 Å². The van der Waals surface area contributed by atoms with Crippen molar-refractivity contribution in [3.63, 3.8) is 0 Å². The quantitative estimate of drug-likeness (QED) is 0.454. The van der Waals surface area contributed by atoms with Gasteiger partial charge >= 0.3 is 0 Å². The number of imide groups is 1. The van der Waals surface area contributed by atoms with Crippen molar-refractivity contribution in [2.24, 2.45) is 5.92 Å². The molecule has 0 bridgehead atoms. The fourth-order valence-corrected chi connectivity index (χ4v) is 4.74. The molecule has 186 valence electrons. The summed E-state index contributed by atoms with van der Waals surface area (Å²) in [5.41, 5.74) is 1.74. The maximum atomic E-state index is 13.8. The Kier molecular flexibility index (Phi) is 6.47. The molecule has 0 spiro atoms. The zero-order valence-corrected chi connectivity index (χ0v) is 20.5. The summed E-state index contributed by atoms with van der Waals surface area (Å²) in [6.07, 6.45) is -0.145. The lowest BCUT2D eigenvalue weighted by Crippen LogP contribution is -2.37. The molecule has 5 rings (SSSR count). The molecular formula is C27H25ClN2O6. The van der Waals surface area contributed by atoms with Crippen LogP contribution < -0.4 is 19.4 Å². The molecule has 0 radical (unpaired) electrons. The van der Waals surface area contributed by atoms with E-state index in [2.05, 4.69) is 0 Å². The zero-order valence-electron chi connectivity index (χ0n) is 19.8. The van der Waals surface area contributed by atoms with Crippen LogP contribution in [0.5, 0.6) is 17.2 Å². The minimum Gasteiger partial charge on any atom is -0.504 e. The summed E-state index contributed by atoms with van der Waals surface area (Å²) in [6, 6.07) is 18.0. The van der Waals surface area contributed by atoms with E-state index in [1.807, 2.05) is 6.92 Å². The first-order valence-corrected chi connectivity index (χ1v) is 12.0. The van der Waals surface area contributed by atoms with E-state index in [0.717, 1.165) is 6.42 Å². The van der Waals surface area contributed by atoms with Crippen LogP contribution in [0.25, 0.3) is 0 Å². The molecule has 2 fully saturated rings. The van der Waals surface area contributed by atoms with Crippen molar-refractivity contribution >= 4 is 34.8 Å². The Morgan fingerprint density at radius 3 is 2.33 bits per heavy atom. The van der Waals surface area contributed by atoms with Crippen LogP contribution in [0.3, 0.4) is 0 Å². The third-order valence-electron chi connectivity index (χ3n) is 6.31. The third kappa shape index (κ3) is 4.12. The Morgan fingerprint density at radius 1 is 0.972 bits per heavy atom. The molecule has 3 unspecified atom stereocenters.